The van der Waals surface area contributed by atoms with Crippen molar-refractivity contribution in [1.29, 1.82) is 5.26 Å². The molecule has 0 bridgehead atoms. The zero-order valence-corrected chi connectivity index (χ0v) is 16.9. The predicted molar refractivity (Wildman–Crippen MR) is 109 cm³/mol. The third kappa shape index (κ3) is 4.87. The van der Waals surface area contributed by atoms with Gasteiger partial charge in [-0.2, -0.15) is 5.26 Å². The second-order valence-electron chi connectivity index (χ2n) is 7.00. The number of hydrogen-bond acceptors (Lipinski definition) is 6. The molecule has 8 heteroatoms. The van der Waals surface area contributed by atoms with Crippen LogP contribution < -0.4 is 9.64 Å². The fourth-order valence-corrected chi connectivity index (χ4v) is 4.09. The second-order valence-corrected chi connectivity index (χ2v) is 9.02. The molecule has 7 nitrogen and oxygen atoms in total. The molecule has 1 N–H and O–H groups in total. The molecule has 0 amide bonds. The van der Waals surface area contributed by atoms with E-state index in [9.17, 15) is 18.5 Å². The number of ether oxygens (including phenoxy) is 1. The van der Waals surface area contributed by atoms with Gasteiger partial charge in [0.1, 0.15) is 5.75 Å². The largest absolute Gasteiger partial charge is 0.481 e. The molecule has 0 saturated carbocycles. The van der Waals surface area contributed by atoms with Gasteiger partial charge in [0.2, 0.25) is 0 Å². The molecular weight excluding hydrogens is 392 g/mol. The molecular formula is C21H22N2O5S. The van der Waals surface area contributed by atoms with Gasteiger partial charge in [-0.25, -0.2) is 13.2 Å². The number of carbonyl (C=O) groups is 1. The molecule has 0 spiro atoms. The fraction of sp³-hybridized carbons (Fsp3) is 0.333. The van der Waals surface area contributed by atoms with Gasteiger partial charge in [0.05, 0.1) is 16.5 Å². The number of carboxylic acids is 1. The van der Waals surface area contributed by atoms with Crippen molar-refractivity contribution in [2.45, 2.75) is 24.2 Å². The molecule has 1 aliphatic rings. The average Bonchev–Trinajstić information content (AvgIpc) is 2.71. The minimum absolute atomic E-state index is 0.153. The number of benzene rings is 2. The van der Waals surface area contributed by atoms with E-state index in [0.29, 0.717) is 16.7 Å². The highest BCUT2D eigenvalue weighted by Crippen LogP contribution is 2.39. The van der Waals surface area contributed by atoms with E-state index in [1.807, 2.05) is 0 Å². The summed E-state index contributed by atoms with van der Waals surface area (Å²) in [6, 6.07) is 11.7. The average molecular weight is 414 g/mol. The second kappa shape index (κ2) is 8.53. The van der Waals surface area contributed by atoms with Gasteiger partial charge in [0.25, 0.3) is 0 Å². The first-order valence-electron chi connectivity index (χ1n) is 9.28. The van der Waals surface area contributed by atoms with Crippen molar-refractivity contribution in [3.05, 3.63) is 42.0 Å². The summed E-state index contributed by atoms with van der Waals surface area (Å²) in [6.07, 6.45) is 4.35. The van der Waals surface area contributed by atoms with Crippen LogP contribution in [-0.4, -0.2) is 45.4 Å². The number of rotatable bonds is 6. The van der Waals surface area contributed by atoms with Gasteiger partial charge in [0.15, 0.2) is 16.4 Å². The van der Waals surface area contributed by atoms with Crippen LogP contribution in [0.2, 0.25) is 0 Å². The summed E-state index contributed by atoms with van der Waals surface area (Å²) in [7, 11) is -3.45. The zero-order valence-electron chi connectivity index (χ0n) is 16.1. The van der Waals surface area contributed by atoms with Crippen LogP contribution in [0.15, 0.2) is 41.3 Å². The molecule has 0 aromatic heterocycles. The highest BCUT2D eigenvalue weighted by atomic mass is 32.2. The number of piperidine rings is 1. The van der Waals surface area contributed by atoms with E-state index in [2.05, 4.69) is 11.0 Å². The van der Waals surface area contributed by atoms with Crippen LogP contribution in [0.25, 0.3) is 11.1 Å². The van der Waals surface area contributed by atoms with Crippen LogP contribution in [0.4, 0.5) is 5.69 Å². The SMILES string of the molecule is CS(=O)(=O)c1ccc(N2CCCCC2)c(-c2cc(C#N)ccc2OCC(=O)O)c1. The summed E-state index contributed by atoms with van der Waals surface area (Å²) >= 11 is 0. The summed E-state index contributed by atoms with van der Waals surface area (Å²) in [4.78, 5) is 13.3. The molecule has 1 heterocycles. The van der Waals surface area contributed by atoms with E-state index in [4.69, 9.17) is 9.84 Å². The lowest BCUT2D eigenvalue weighted by Crippen LogP contribution is -2.29. The minimum Gasteiger partial charge on any atom is -0.481 e. The van der Waals surface area contributed by atoms with Crippen LogP contribution >= 0.6 is 0 Å². The molecule has 0 radical (unpaired) electrons. The van der Waals surface area contributed by atoms with Crippen LogP contribution in [0, 0.1) is 11.3 Å². The Morgan fingerprint density at radius 3 is 2.48 bits per heavy atom. The minimum atomic E-state index is -3.45. The first-order valence-corrected chi connectivity index (χ1v) is 11.2. The normalized spacial score (nSPS) is 14.3. The third-order valence-electron chi connectivity index (χ3n) is 4.84. The number of aliphatic carboxylic acids is 1. The number of anilines is 1. The monoisotopic (exact) mass is 414 g/mol. The van der Waals surface area contributed by atoms with E-state index >= 15 is 0 Å². The highest BCUT2D eigenvalue weighted by Gasteiger charge is 2.21. The topological polar surface area (TPSA) is 108 Å². The lowest BCUT2D eigenvalue weighted by molar-refractivity contribution is -0.139. The maximum absolute atomic E-state index is 12.2. The van der Waals surface area contributed by atoms with Crippen molar-refractivity contribution < 1.29 is 23.1 Å². The van der Waals surface area contributed by atoms with E-state index in [1.54, 1.807) is 36.4 Å². The predicted octanol–water partition coefficient (Wildman–Crippen LogP) is 3.08. The van der Waals surface area contributed by atoms with Crippen molar-refractivity contribution in [2.75, 3.05) is 30.9 Å². The summed E-state index contributed by atoms with van der Waals surface area (Å²) < 4.78 is 29.7. The van der Waals surface area contributed by atoms with Crippen molar-refractivity contribution in [2.24, 2.45) is 0 Å². The summed E-state index contributed by atoms with van der Waals surface area (Å²) in [6.45, 7) is 1.15. The Bertz CT molecular complexity index is 1070. The lowest BCUT2D eigenvalue weighted by Gasteiger charge is -2.31. The smallest absolute Gasteiger partial charge is 0.341 e. The van der Waals surface area contributed by atoms with E-state index in [0.717, 1.165) is 44.3 Å². The van der Waals surface area contributed by atoms with Crippen LogP contribution in [0.1, 0.15) is 24.8 Å². The summed E-state index contributed by atoms with van der Waals surface area (Å²) in [5.74, 6) is -0.836. The van der Waals surface area contributed by atoms with Gasteiger partial charge < -0.3 is 14.7 Å². The molecule has 1 fully saturated rings. The van der Waals surface area contributed by atoms with Gasteiger partial charge in [-0.3, -0.25) is 0 Å². The van der Waals surface area contributed by atoms with Gasteiger partial charge in [-0.05, 0) is 55.7 Å². The highest BCUT2D eigenvalue weighted by molar-refractivity contribution is 7.90. The molecule has 152 valence electrons. The van der Waals surface area contributed by atoms with Crippen molar-refractivity contribution in [3.63, 3.8) is 0 Å². The molecule has 0 aliphatic carbocycles. The number of hydrogen-bond donors (Lipinski definition) is 1. The number of nitrogens with zero attached hydrogens (tertiary/aromatic N) is 2. The molecule has 2 aromatic carbocycles. The third-order valence-corrected chi connectivity index (χ3v) is 5.95. The summed E-state index contributed by atoms with van der Waals surface area (Å²) in [5, 5.41) is 18.3. The zero-order chi connectivity index (χ0) is 21.0. The number of carboxylic acid groups (broad SMARTS) is 1. The van der Waals surface area contributed by atoms with Crippen molar-refractivity contribution in [3.8, 4) is 22.9 Å². The van der Waals surface area contributed by atoms with Crippen LogP contribution in [0.5, 0.6) is 5.75 Å². The quantitative estimate of drug-likeness (QED) is 0.774. The van der Waals surface area contributed by atoms with E-state index in [-0.39, 0.29) is 10.6 Å². The number of sulfone groups is 1. The van der Waals surface area contributed by atoms with Gasteiger partial charge in [0, 0.05) is 36.2 Å². The van der Waals surface area contributed by atoms with Gasteiger partial charge in [-0.15, -0.1) is 0 Å². The maximum Gasteiger partial charge on any atom is 0.341 e. The first-order chi connectivity index (χ1) is 13.8. The Balaban J connectivity index is 2.21. The molecule has 2 aromatic rings. The first kappa shape index (κ1) is 20.7. The van der Waals surface area contributed by atoms with Crippen molar-refractivity contribution >= 4 is 21.5 Å². The van der Waals surface area contributed by atoms with Crippen molar-refractivity contribution in [1.82, 2.24) is 0 Å². The molecule has 0 unspecified atom stereocenters. The molecule has 1 saturated heterocycles. The van der Waals surface area contributed by atoms with E-state index in [1.165, 1.54) is 0 Å². The Hall–Kier alpha value is -3.05. The van der Waals surface area contributed by atoms with Gasteiger partial charge >= 0.3 is 5.97 Å². The Morgan fingerprint density at radius 2 is 1.86 bits per heavy atom. The Kier molecular flexibility index (Phi) is 6.09. The number of nitriles is 1. The molecule has 3 rings (SSSR count). The molecule has 29 heavy (non-hydrogen) atoms. The maximum atomic E-state index is 12.2. The van der Waals surface area contributed by atoms with E-state index < -0.39 is 22.4 Å². The Morgan fingerprint density at radius 1 is 1.14 bits per heavy atom. The summed E-state index contributed by atoms with van der Waals surface area (Å²) in [5.41, 5.74) is 2.31. The molecule has 0 atom stereocenters. The standard InChI is InChI=1S/C21H22N2O5S/c1-29(26,27)16-6-7-19(23-9-3-2-4-10-23)17(12-16)18-11-15(13-22)5-8-20(18)28-14-21(24)25/h5-8,11-12H,2-4,9-10,14H2,1H3,(H,24,25). The Labute approximate surface area is 170 Å². The lowest BCUT2D eigenvalue weighted by atomic mass is 9.98. The fourth-order valence-electron chi connectivity index (χ4n) is 3.45. The van der Waals surface area contributed by atoms with Gasteiger partial charge in [-0.1, -0.05) is 0 Å². The van der Waals surface area contributed by atoms with Crippen LogP contribution in [-0.2, 0) is 14.6 Å². The molecule has 1 aliphatic heterocycles. The van der Waals surface area contributed by atoms with Crippen LogP contribution in [0.3, 0.4) is 0 Å².